The fraction of sp³-hybridized carbons (Fsp3) is 0.583. The lowest BCUT2D eigenvalue weighted by atomic mass is 9.84. The van der Waals surface area contributed by atoms with E-state index in [1.807, 2.05) is 44.2 Å². The first-order valence-electron chi connectivity index (χ1n) is 23.0. The Hall–Kier alpha value is -4.74. The van der Waals surface area contributed by atoms with Gasteiger partial charge in [0.1, 0.15) is 12.1 Å². The van der Waals surface area contributed by atoms with Gasteiger partial charge in [-0.3, -0.25) is 34.1 Å². The van der Waals surface area contributed by atoms with Gasteiger partial charge in [-0.25, -0.2) is 10.4 Å². The molecule has 0 aliphatic carbocycles. The molecule has 15 nitrogen and oxygen atoms in total. The molecule has 64 heavy (non-hydrogen) atoms. The van der Waals surface area contributed by atoms with E-state index in [2.05, 4.69) is 70.6 Å². The first-order valence-corrected chi connectivity index (χ1v) is 23.9. The van der Waals surface area contributed by atoms with Crippen LogP contribution in [0.4, 0.5) is 0 Å². The zero-order valence-corrected chi connectivity index (χ0v) is 39.4. The van der Waals surface area contributed by atoms with Crippen LogP contribution in [0.2, 0.25) is 0 Å². The van der Waals surface area contributed by atoms with E-state index >= 15 is 0 Å². The van der Waals surface area contributed by atoms with Gasteiger partial charge in [-0.1, -0.05) is 33.8 Å². The molecule has 0 unspecified atom stereocenters. The standard InChI is InChI=1S/C48H65N9O6S/c1-9-56-39-17-16-30-21-33(39)34(43(56)32-14-10-18-49-41(32)29(4)62-8)23-48(5,6)27-63-47(61)35-15-12-20-57(53-35)46(60)36(22-40-51-38(30)26-64-40)52-44(58)42(28(2)3)55-19-11-13-31(25-55)54(7)45(59)37-24-50-37/h10,14,16-18,21,26,28-29,31,35-37,42,50,53H,9,11-13,15,19-20,22-25,27H2,1-8H3,(H,52,58)/t29-,31-,35-,36-,37+,42-/m0/s1. The van der Waals surface area contributed by atoms with E-state index in [-0.39, 0.29) is 54.9 Å². The monoisotopic (exact) mass is 895 g/mol. The topological polar surface area (TPSA) is 173 Å². The van der Waals surface area contributed by atoms with E-state index < -0.39 is 29.5 Å². The molecule has 6 bridgehead atoms. The molecule has 0 radical (unpaired) electrons. The number of aryl methyl sites for hydroxylation is 1. The number of aromatic nitrogens is 3. The molecule has 3 aromatic heterocycles. The number of methoxy groups -OCH3 is 1. The van der Waals surface area contributed by atoms with E-state index in [0.29, 0.717) is 57.0 Å². The van der Waals surface area contributed by atoms with E-state index in [0.717, 1.165) is 57.5 Å². The third-order valence-corrected chi connectivity index (χ3v) is 14.3. The van der Waals surface area contributed by atoms with Crippen LogP contribution in [0.15, 0.2) is 41.9 Å². The van der Waals surface area contributed by atoms with Crippen LogP contribution < -0.4 is 16.1 Å². The third kappa shape index (κ3) is 9.48. The van der Waals surface area contributed by atoms with Gasteiger partial charge in [-0.05, 0) is 88.2 Å². The maximum Gasteiger partial charge on any atom is 0.324 e. The molecule has 3 fully saturated rings. The van der Waals surface area contributed by atoms with Crippen molar-refractivity contribution in [2.24, 2.45) is 11.3 Å². The molecule has 3 saturated heterocycles. The highest BCUT2D eigenvalue weighted by Gasteiger charge is 2.41. The molecule has 0 spiro atoms. The average molecular weight is 896 g/mol. The number of likely N-dealkylation sites (tertiary alicyclic amines) is 1. The van der Waals surface area contributed by atoms with E-state index in [4.69, 9.17) is 19.4 Å². The Morgan fingerprint density at radius 2 is 1.91 bits per heavy atom. The second kappa shape index (κ2) is 19.0. The summed E-state index contributed by atoms with van der Waals surface area (Å²) in [6, 6.07) is 8.17. The highest BCUT2D eigenvalue weighted by Crippen LogP contribution is 2.42. The van der Waals surface area contributed by atoms with Crippen molar-refractivity contribution in [3.8, 4) is 22.5 Å². The molecule has 16 heteroatoms. The number of pyridine rings is 1. The van der Waals surface area contributed by atoms with Gasteiger partial charge in [0.2, 0.25) is 11.8 Å². The Balaban J connectivity index is 1.16. The summed E-state index contributed by atoms with van der Waals surface area (Å²) in [5.41, 5.74) is 9.55. The Morgan fingerprint density at radius 1 is 1.12 bits per heavy atom. The number of benzene rings is 1. The van der Waals surface area contributed by atoms with Crippen LogP contribution in [0.1, 0.15) is 89.6 Å². The first kappa shape index (κ1) is 45.8. The molecule has 3 N–H and O–H groups in total. The highest BCUT2D eigenvalue weighted by molar-refractivity contribution is 7.10. The summed E-state index contributed by atoms with van der Waals surface area (Å²) < 4.78 is 14.3. The molecule has 4 aliphatic rings. The Labute approximate surface area is 380 Å². The number of nitrogens with zero attached hydrogens (tertiary/aromatic N) is 6. The first-order chi connectivity index (χ1) is 30.7. The number of hydrazine groups is 1. The lowest BCUT2D eigenvalue weighted by Crippen LogP contribution is -2.63. The summed E-state index contributed by atoms with van der Waals surface area (Å²) in [6.45, 7) is 15.7. The summed E-state index contributed by atoms with van der Waals surface area (Å²) in [6.07, 6.45) is 5.15. The molecule has 3 amide bonds. The highest BCUT2D eigenvalue weighted by atomic mass is 32.1. The minimum Gasteiger partial charge on any atom is -0.464 e. The summed E-state index contributed by atoms with van der Waals surface area (Å²) in [5, 5.41) is 11.6. The second-order valence-electron chi connectivity index (χ2n) is 19.2. The van der Waals surface area contributed by atoms with Crippen LogP contribution in [0.3, 0.4) is 0 Å². The zero-order valence-electron chi connectivity index (χ0n) is 38.6. The van der Waals surface area contributed by atoms with E-state index in [9.17, 15) is 19.2 Å². The van der Waals surface area contributed by atoms with Gasteiger partial charge in [0.15, 0.2) is 0 Å². The molecule has 344 valence electrons. The number of fused-ring (bicyclic) bond motifs is 6. The van der Waals surface area contributed by atoms with Crippen LogP contribution in [-0.4, -0.2) is 130 Å². The van der Waals surface area contributed by atoms with Crippen molar-refractivity contribution in [2.45, 2.75) is 123 Å². The number of carbonyl (C=O) groups excluding carboxylic acids is 4. The van der Waals surface area contributed by atoms with Crippen molar-refractivity contribution in [1.29, 1.82) is 0 Å². The lowest BCUT2D eigenvalue weighted by Gasteiger charge is -2.42. The van der Waals surface area contributed by atoms with Gasteiger partial charge in [-0.15, -0.1) is 11.3 Å². The maximum absolute atomic E-state index is 14.7. The van der Waals surface area contributed by atoms with Crippen LogP contribution in [0.5, 0.6) is 0 Å². The molecular weight excluding hydrogens is 831 g/mol. The quantitative estimate of drug-likeness (QED) is 0.143. The van der Waals surface area contributed by atoms with Gasteiger partial charge < -0.3 is 29.6 Å². The Kier molecular flexibility index (Phi) is 13.6. The second-order valence-corrected chi connectivity index (χ2v) is 20.1. The molecule has 4 aromatic rings. The smallest absolute Gasteiger partial charge is 0.324 e. The molecule has 4 aliphatic heterocycles. The van der Waals surface area contributed by atoms with E-state index in [1.54, 1.807) is 13.3 Å². The number of cyclic esters (lactones) is 1. The fourth-order valence-electron chi connectivity index (χ4n) is 9.92. The number of amides is 3. The summed E-state index contributed by atoms with van der Waals surface area (Å²) in [5.74, 6) is -0.977. The van der Waals surface area contributed by atoms with Crippen molar-refractivity contribution in [2.75, 3.05) is 46.9 Å². The molecular formula is C48H65N9O6S. The van der Waals surface area contributed by atoms with Crippen LogP contribution in [0, 0.1) is 11.3 Å². The number of piperidine rings is 1. The minimum absolute atomic E-state index is 0.0152. The molecule has 1 aromatic carbocycles. The van der Waals surface area contributed by atoms with E-state index in [1.165, 1.54) is 16.3 Å². The van der Waals surface area contributed by atoms with Gasteiger partial charge in [0.05, 0.1) is 46.9 Å². The summed E-state index contributed by atoms with van der Waals surface area (Å²) in [4.78, 5) is 70.1. The predicted molar refractivity (Wildman–Crippen MR) is 247 cm³/mol. The molecule has 0 saturated carbocycles. The van der Waals surface area contributed by atoms with Crippen molar-refractivity contribution < 1.29 is 28.7 Å². The van der Waals surface area contributed by atoms with Gasteiger partial charge in [0.25, 0.3) is 5.91 Å². The van der Waals surface area contributed by atoms with Gasteiger partial charge in [0, 0.05) is 91.8 Å². The number of nitrogens with one attached hydrogen (secondary N) is 3. The number of thiazole rings is 1. The third-order valence-electron chi connectivity index (χ3n) is 13.5. The van der Waals surface area contributed by atoms with Crippen molar-refractivity contribution in [3.63, 3.8) is 0 Å². The zero-order chi connectivity index (χ0) is 45.4. The van der Waals surface area contributed by atoms with Crippen LogP contribution >= 0.6 is 11.3 Å². The van der Waals surface area contributed by atoms with Crippen molar-refractivity contribution in [3.05, 3.63) is 58.2 Å². The number of esters is 1. The van der Waals surface area contributed by atoms with Crippen LogP contribution in [0.25, 0.3) is 33.4 Å². The summed E-state index contributed by atoms with van der Waals surface area (Å²) in [7, 11) is 3.55. The minimum atomic E-state index is -0.961. The molecule has 6 atom stereocenters. The molecule has 7 heterocycles. The number of ether oxygens (including phenoxy) is 2. The average Bonchev–Trinajstić information content (AvgIpc) is 3.97. The van der Waals surface area contributed by atoms with Crippen molar-refractivity contribution in [1.82, 2.24) is 45.4 Å². The summed E-state index contributed by atoms with van der Waals surface area (Å²) >= 11 is 1.46. The Morgan fingerprint density at radius 3 is 2.64 bits per heavy atom. The maximum atomic E-state index is 14.7. The number of rotatable bonds is 10. The fourth-order valence-corrected chi connectivity index (χ4v) is 10.8. The number of hydrogen-bond donors (Lipinski definition) is 3. The molecule has 8 rings (SSSR count). The lowest BCUT2D eigenvalue weighted by molar-refractivity contribution is -0.155. The SMILES string of the molecule is CCn1c(-c2cccnc2[C@H](C)OC)c2c3cc(ccc31)-c1csc(n1)C[C@H](NC(=O)[C@H](C(C)C)N1CCC[C@H](N(C)C(=O)[C@H]3CN3)C1)C(=O)N1CCC[C@H](N1)C(=O)OCC(C)(C)C2. The van der Waals surface area contributed by atoms with Gasteiger partial charge in [-0.2, -0.15) is 0 Å². The van der Waals surface area contributed by atoms with Crippen molar-refractivity contribution >= 4 is 45.9 Å². The van der Waals surface area contributed by atoms with Crippen LogP contribution in [-0.2, 0) is 48.0 Å². The number of carbonyl (C=O) groups is 4. The predicted octanol–water partition coefficient (Wildman–Crippen LogP) is 5.12. The number of hydrogen-bond acceptors (Lipinski definition) is 12. The van der Waals surface area contributed by atoms with Gasteiger partial charge >= 0.3 is 5.97 Å². The largest absolute Gasteiger partial charge is 0.464 e. The Bertz CT molecular complexity index is 2370. The normalized spacial score (nSPS) is 23.9. The number of likely N-dealkylation sites (N-methyl/N-ethyl adjacent to an activating group) is 1.